The Labute approximate surface area is 171 Å². The molecule has 30 heavy (non-hydrogen) atoms. The standard InChI is InChI=1S/C21H18O9/c1-11(22)27-17-10-16(18(26)15-8-6-5-7-9-15)19(28-12(2)23)21(30-14(4)25)20(17)29-13(3)24/h5-10H,1-4H3. The van der Waals surface area contributed by atoms with E-state index < -0.39 is 46.9 Å². The highest BCUT2D eigenvalue weighted by Gasteiger charge is 2.30. The van der Waals surface area contributed by atoms with Crippen LogP contribution in [0.4, 0.5) is 0 Å². The first-order valence-corrected chi connectivity index (χ1v) is 8.64. The van der Waals surface area contributed by atoms with Crippen molar-refractivity contribution in [1.82, 2.24) is 0 Å². The smallest absolute Gasteiger partial charge is 0.308 e. The Balaban J connectivity index is 2.88. The van der Waals surface area contributed by atoms with Crippen molar-refractivity contribution in [3.8, 4) is 23.0 Å². The number of ether oxygens (including phenoxy) is 4. The molecule has 0 saturated carbocycles. The van der Waals surface area contributed by atoms with Gasteiger partial charge in [0.2, 0.25) is 11.5 Å². The summed E-state index contributed by atoms with van der Waals surface area (Å²) in [5.74, 6) is -5.83. The monoisotopic (exact) mass is 414 g/mol. The molecule has 2 aromatic carbocycles. The van der Waals surface area contributed by atoms with Crippen molar-refractivity contribution in [2.24, 2.45) is 0 Å². The highest BCUT2D eigenvalue weighted by molar-refractivity contribution is 6.12. The van der Waals surface area contributed by atoms with Crippen molar-refractivity contribution in [2.45, 2.75) is 27.7 Å². The van der Waals surface area contributed by atoms with Gasteiger partial charge >= 0.3 is 23.9 Å². The van der Waals surface area contributed by atoms with Crippen LogP contribution in [0.1, 0.15) is 43.6 Å². The molecule has 0 spiro atoms. The molecule has 0 saturated heterocycles. The minimum absolute atomic E-state index is 0.216. The van der Waals surface area contributed by atoms with Crippen LogP contribution in [0.5, 0.6) is 23.0 Å². The maximum absolute atomic E-state index is 13.1. The molecule has 0 unspecified atom stereocenters. The van der Waals surface area contributed by atoms with Crippen LogP contribution in [-0.2, 0) is 19.2 Å². The maximum atomic E-state index is 13.1. The molecule has 0 bridgehead atoms. The molecule has 0 aromatic heterocycles. The van der Waals surface area contributed by atoms with Crippen LogP contribution < -0.4 is 18.9 Å². The second kappa shape index (κ2) is 9.46. The lowest BCUT2D eigenvalue weighted by atomic mass is 10.0. The van der Waals surface area contributed by atoms with Gasteiger partial charge in [-0.3, -0.25) is 24.0 Å². The first kappa shape index (κ1) is 22.3. The van der Waals surface area contributed by atoms with Crippen LogP contribution >= 0.6 is 0 Å². The van der Waals surface area contributed by atoms with E-state index in [9.17, 15) is 24.0 Å². The number of esters is 4. The summed E-state index contributed by atoms with van der Waals surface area (Å²) in [5, 5.41) is 0. The molecule has 0 atom stereocenters. The summed E-state index contributed by atoms with van der Waals surface area (Å²) in [6.07, 6.45) is 0. The molecule has 9 heteroatoms. The van der Waals surface area contributed by atoms with Crippen molar-refractivity contribution in [3.05, 3.63) is 47.5 Å². The van der Waals surface area contributed by atoms with Gasteiger partial charge in [0.1, 0.15) is 0 Å². The van der Waals surface area contributed by atoms with E-state index in [1.54, 1.807) is 18.2 Å². The van der Waals surface area contributed by atoms with E-state index in [2.05, 4.69) is 0 Å². The predicted octanol–water partition coefficient (Wildman–Crippen LogP) is 2.62. The molecule has 0 N–H and O–H groups in total. The fourth-order valence-electron chi connectivity index (χ4n) is 2.47. The van der Waals surface area contributed by atoms with E-state index in [0.717, 1.165) is 33.8 Å². The molecule has 2 rings (SSSR count). The summed E-state index contributed by atoms with van der Waals surface area (Å²) in [6, 6.07) is 9.02. The first-order chi connectivity index (χ1) is 14.1. The number of rotatable bonds is 6. The highest BCUT2D eigenvalue weighted by atomic mass is 16.6. The van der Waals surface area contributed by atoms with Crippen molar-refractivity contribution in [3.63, 3.8) is 0 Å². The summed E-state index contributed by atoms with van der Waals surface area (Å²) in [4.78, 5) is 59.6. The Kier molecular flexibility index (Phi) is 7.03. The minimum atomic E-state index is -0.866. The molecule has 2 aromatic rings. The Bertz CT molecular complexity index is 1020. The van der Waals surface area contributed by atoms with Gasteiger partial charge in [0.25, 0.3) is 0 Å². The van der Waals surface area contributed by atoms with Gasteiger partial charge in [-0.25, -0.2) is 0 Å². The quantitative estimate of drug-likeness (QED) is 0.399. The molecule has 0 amide bonds. The van der Waals surface area contributed by atoms with Gasteiger partial charge in [-0.05, 0) is 0 Å². The van der Waals surface area contributed by atoms with E-state index in [0.29, 0.717) is 0 Å². The van der Waals surface area contributed by atoms with E-state index in [1.165, 1.54) is 12.1 Å². The average Bonchev–Trinajstić information content (AvgIpc) is 2.65. The van der Waals surface area contributed by atoms with Gasteiger partial charge < -0.3 is 18.9 Å². The topological polar surface area (TPSA) is 122 Å². The molecular weight excluding hydrogens is 396 g/mol. The normalized spacial score (nSPS) is 10.0. The SMILES string of the molecule is CC(=O)Oc1cc(C(=O)c2ccccc2)c(OC(C)=O)c(OC(C)=O)c1OC(C)=O. The number of carbonyl (C=O) groups excluding carboxylic acids is 5. The zero-order valence-corrected chi connectivity index (χ0v) is 16.6. The molecule has 0 heterocycles. The van der Waals surface area contributed by atoms with Crippen LogP contribution in [0.2, 0.25) is 0 Å². The summed E-state index contributed by atoms with van der Waals surface area (Å²) in [6.45, 7) is 4.26. The zero-order valence-electron chi connectivity index (χ0n) is 16.6. The summed E-state index contributed by atoms with van der Waals surface area (Å²) in [5.41, 5.74) is -0.0338. The molecule has 156 valence electrons. The Hall–Kier alpha value is -4.01. The lowest BCUT2D eigenvalue weighted by Crippen LogP contribution is -2.16. The fraction of sp³-hybridized carbons (Fsp3) is 0.190. The molecular formula is C21H18O9. The summed E-state index contributed by atoms with van der Waals surface area (Å²) >= 11 is 0. The van der Waals surface area contributed by atoms with Crippen LogP contribution in [0, 0.1) is 0 Å². The average molecular weight is 414 g/mol. The fourth-order valence-corrected chi connectivity index (χ4v) is 2.47. The Morgan fingerprint density at radius 1 is 0.600 bits per heavy atom. The zero-order chi connectivity index (χ0) is 22.4. The number of benzene rings is 2. The van der Waals surface area contributed by atoms with Crippen LogP contribution in [0.3, 0.4) is 0 Å². The first-order valence-electron chi connectivity index (χ1n) is 8.64. The second-order valence-corrected chi connectivity index (χ2v) is 5.98. The third kappa shape index (κ3) is 5.51. The van der Waals surface area contributed by atoms with Gasteiger partial charge in [0.05, 0.1) is 5.56 Å². The third-order valence-corrected chi connectivity index (χ3v) is 3.43. The van der Waals surface area contributed by atoms with Crippen LogP contribution in [0.25, 0.3) is 0 Å². The van der Waals surface area contributed by atoms with Gasteiger partial charge in [0.15, 0.2) is 17.3 Å². The highest BCUT2D eigenvalue weighted by Crippen LogP contribution is 2.48. The lowest BCUT2D eigenvalue weighted by Gasteiger charge is -2.18. The molecule has 0 fully saturated rings. The van der Waals surface area contributed by atoms with E-state index in [4.69, 9.17) is 18.9 Å². The van der Waals surface area contributed by atoms with E-state index >= 15 is 0 Å². The maximum Gasteiger partial charge on any atom is 0.308 e. The molecule has 9 nitrogen and oxygen atoms in total. The van der Waals surface area contributed by atoms with Gasteiger partial charge in [0, 0.05) is 39.3 Å². The number of hydrogen-bond acceptors (Lipinski definition) is 9. The number of hydrogen-bond donors (Lipinski definition) is 0. The number of carbonyl (C=O) groups is 5. The largest absolute Gasteiger partial charge is 0.423 e. The lowest BCUT2D eigenvalue weighted by molar-refractivity contribution is -0.136. The van der Waals surface area contributed by atoms with Gasteiger partial charge in [-0.1, -0.05) is 30.3 Å². The van der Waals surface area contributed by atoms with Crippen LogP contribution in [0.15, 0.2) is 36.4 Å². The number of ketones is 1. The summed E-state index contributed by atoms with van der Waals surface area (Å²) in [7, 11) is 0. The minimum Gasteiger partial charge on any atom is -0.423 e. The Morgan fingerprint density at radius 3 is 1.57 bits per heavy atom. The van der Waals surface area contributed by atoms with Crippen LogP contribution in [-0.4, -0.2) is 29.7 Å². The molecule has 0 aliphatic carbocycles. The van der Waals surface area contributed by atoms with Crippen molar-refractivity contribution in [1.29, 1.82) is 0 Å². The van der Waals surface area contributed by atoms with E-state index in [1.807, 2.05) is 0 Å². The second-order valence-electron chi connectivity index (χ2n) is 5.98. The summed E-state index contributed by atoms with van der Waals surface area (Å²) < 4.78 is 20.3. The molecule has 0 aliphatic rings. The van der Waals surface area contributed by atoms with Crippen molar-refractivity contribution >= 4 is 29.7 Å². The molecule has 0 aliphatic heterocycles. The van der Waals surface area contributed by atoms with Crippen molar-refractivity contribution < 1.29 is 42.9 Å². The third-order valence-electron chi connectivity index (χ3n) is 3.43. The van der Waals surface area contributed by atoms with Crippen molar-refractivity contribution in [2.75, 3.05) is 0 Å². The predicted molar refractivity (Wildman–Crippen MR) is 102 cm³/mol. The van der Waals surface area contributed by atoms with E-state index in [-0.39, 0.29) is 16.9 Å². The van der Waals surface area contributed by atoms with Gasteiger partial charge in [-0.15, -0.1) is 0 Å². The Morgan fingerprint density at radius 2 is 1.07 bits per heavy atom. The molecule has 0 radical (unpaired) electrons. The van der Waals surface area contributed by atoms with Gasteiger partial charge in [-0.2, -0.15) is 0 Å².